The highest BCUT2D eigenvalue weighted by Crippen LogP contribution is 2.49. The summed E-state index contributed by atoms with van der Waals surface area (Å²) in [6.45, 7) is 0. The lowest BCUT2D eigenvalue weighted by molar-refractivity contribution is 0.101. The van der Waals surface area contributed by atoms with Gasteiger partial charge in [-0.1, -0.05) is 91.0 Å². The number of sulfone groups is 1. The van der Waals surface area contributed by atoms with Crippen LogP contribution in [0.5, 0.6) is 0 Å². The number of nitrogens with zero attached hydrogens (tertiary/aromatic N) is 2. The van der Waals surface area contributed by atoms with Crippen LogP contribution in [0.3, 0.4) is 0 Å². The quantitative estimate of drug-likeness (QED) is 0.173. The normalized spacial score (nSPS) is 12.2. The van der Waals surface area contributed by atoms with Crippen molar-refractivity contribution in [3.63, 3.8) is 0 Å². The van der Waals surface area contributed by atoms with Gasteiger partial charge in [-0.15, -0.1) is 0 Å². The van der Waals surface area contributed by atoms with E-state index in [1.54, 1.807) is 48.5 Å². The minimum absolute atomic E-state index is 0.00456. The summed E-state index contributed by atoms with van der Waals surface area (Å²) in [5.41, 5.74) is 11.0. The van der Waals surface area contributed by atoms with Gasteiger partial charge >= 0.3 is 0 Å². The predicted molar refractivity (Wildman–Crippen MR) is 242 cm³/mol. The molecule has 2 aliphatic rings. The molecule has 8 nitrogen and oxygen atoms in total. The maximum Gasteiger partial charge on any atom is 0.255 e. The van der Waals surface area contributed by atoms with Crippen LogP contribution in [0.25, 0.3) is 88.1 Å². The second-order valence-electron chi connectivity index (χ2n) is 15.5. The first-order valence-electron chi connectivity index (χ1n) is 19.8. The van der Waals surface area contributed by atoms with Crippen LogP contribution in [0.2, 0.25) is 0 Å². The maximum absolute atomic E-state index is 14.0. The van der Waals surface area contributed by atoms with E-state index >= 15 is 0 Å². The fraction of sp³-hybridized carbons (Fsp3) is 0. The van der Waals surface area contributed by atoms with E-state index in [1.807, 2.05) is 30.3 Å². The van der Waals surface area contributed by atoms with Crippen molar-refractivity contribution in [1.82, 2.24) is 9.97 Å². The summed E-state index contributed by atoms with van der Waals surface area (Å²) >= 11 is 0. The van der Waals surface area contributed by atoms with Gasteiger partial charge in [0.1, 0.15) is 0 Å². The predicted octanol–water partition coefficient (Wildman–Crippen LogP) is 11.7. The first-order valence-corrected chi connectivity index (χ1v) is 21.3. The van der Waals surface area contributed by atoms with Gasteiger partial charge < -0.3 is 10.6 Å². The molecule has 0 radical (unpaired) electrons. The van der Waals surface area contributed by atoms with Crippen LogP contribution < -0.4 is 10.6 Å². The zero-order valence-electron chi connectivity index (χ0n) is 32.1. The Hall–Kier alpha value is -8.01. The molecule has 12 rings (SSSR count). The first kappa shape index (κ1) is 35.0. The van der Waals surface area contributed by atoms with Crippen LogP contribution in [-0.2, 0) is 9.84 Å². The van der Waals surface area contributed by atoms with Crippen molar-refractivity contribution >= 4 is 76.4 Å². The lowest BCUT2D eigenvalue weighted by Crippen LogP contribution is -2.13. The smallest absolute Gasteiger partial charge is 0.255 e. The number of hydrogen-bond acceptors (Lipinski definition) is 6. The molecular formula is C52H30N4O4S. The van der Waals surface area contributed by atoms with Gasteiger partial charge in [-0.25, -0.2) is 18.4 Å². The van der Waals surface area contributed by atoms with Crippen molar-refractivity contribution in [2.75, 3.05) is 10.6 Å². The molecule has 61 heavy (non-hydrogen) atoms. The molecule has 0 bridgehead atoms. The Labute approximate surface area is 349 Å². The lowest BCUT2D eigenvalue weighted by atomic mass is 9.97. The highest BCUT2D eigenvalue weighted by atomic mass is 32.2. The lowest BCUT2D eigenvalue weighted by Gasteiger charge is -2.11. The standard InChI is InChI=1S/C52H30N4O4S/c57-51(32-20-19-31-24-43-39-15-1-7-29-8-2-16-40(47(29)39)44(43)25-34(31)23-32)53-35-11-5-13-37(27-35)61(59,60)38-14-6-12-36(28-38)54-52(58)33-21-22-45-46(26-33)56-50-42-18-4-10-30-9-3-17-41(48(30)42)49(50)55-45/h1-28H,(H,53,57)(H,54,58). The topological polar surface area (TPSA) is 118 Å². The Kier molecular flexibility index (Phi) is 7.45. The Morgan fingerprint density at radius 2 is 0.869 bits per heavy atom. The molecule has 0 atom stereocenters. The number of fused-ring (bicyclic) bond motifs is 8. The number of nitrogens with one attached hydrogen (secondary N) is 2. The Bertz CT molecular complexity index is 3480. The zero-order chi connectivity index (χ0) is 41.0. The summed E-state index contributed by atoms with van der Waals surface area (Å²) < 4.78 is 28.0. The van der Waals surface area contributed by atoms with Crippen molar-refractivity contribution < 1.29 is 18.0 Å². The van der Waals surface area contributed by atoms with Crippen LogP contribution in [0.4, 0.5) is 11.4 Å². The molecule has 1 heterocycles. The molecule has 0 saturated heterocycles. The van der Waals surface area contributed by atoms with Crippen molar-refractivity contribution in [2.45, 2.75) is 9.79 Å². The van der Waals surface area contributed by atoms with E-state index in [4.69, 9.17) is 9.97 Å². The molecule has 0 spiro atoms. The Balaban J connectivity index is 0.779. The number of carbonyl (C=O) groups excluding carboxylic acids is 2. The number of aromatic nitrogens is 2. The molecular weight excluding hydrogens is 777 g/mol. The van der Waals surface area contributed by atoms with Gasteiger partial charge in [0.25, 0.3) is 11.8 Å². The minimum atomic E-state index is -4.05. The third-order valence-electron chi connectivity index (χ3n) is 11.9. The van der Waals surface area contributed by atoms with Crippen LogP contribution in [0.1, 0.15) is 20.7 Å². The highest BCUT2D eigenvalue weighted by molar-refractivity contribution is 7.91. The minimum Gasteiger partial charge on any atom is -0.322 e. The zero-order valence-corrected chi connectivity index (χ0v) is 32.9. The van der Waals surface area contributed by atoms with Gasteiger partial charge in [0.15, 0.2) is 0 Å². The average molecular weight is 807 g/mol. The summed E-state index contributed by atoms with van der Waals surface area (Å²) in [6, 6.07) is 52.3. The summed E-state index contributed by atoms with van der Waals surface area (Å²) in [4.78, 5) is 37.1. The van der Waals surface area contributed by atoms with Crippen LogP contribution in [0, 0.1) is 0 Å². The van der Waals surface area contributed by atoms with E-state index in [1.165, 1.54) is 51.7 Å². The molecule has 1 aromatic heterocycles. The summed E-state index contributed by atoms with van der Waals surface area (Å²) in [7, 11) is -4.05. The fourth-order valence-electron chi connectivity index (χ4n) is 9.01. The Morgan fingerprint density at radius 1 is 0.393 bits per heavy atom. The third-order valence-corrected chi connectivity index (χ3v) is 13.6. The van der Waals surface area contributed by atoms with E-state index in [0.717, 1.165) is 49.6 Å². The largest absolute Gasteiger partial charge is 0.322 e. The van der Waals surface area contributed by atoms with Gasteiger partial charge in [0.05, 0.1) is 32.2 Å². The molecule has 288 valence electrons. The van der Waals surface area contributed by atoms with Gasteiger partial charge in [-0.05, 0) is 128 Å². The van der Waals surface area contributed by atoms with Crippen LogP contribution in [-0.4, -0.2) is 30.2 Å². The molecule has 0 aliphatic heterocycles. The van der Waals surface area contributed by atoms with Crippen LogP contribution in [0.15, 0.2) is 180 Å². The van der Waals surface area contributed by atoms with Crippen molar-refractivity contribution in [3.8, 4) is 44.8 Å². The fourth-order valence-corrected chi connectivity index (χ4v) is 10.4. The van der Waals surface area contributed by atoms with E-state index in [2.05, 4.69) is 77.4 Å². The summed E-state index contributed by atoms with van der Waals surface area (Å²) in [6.07, 6.45) is 0. The number of amides is 2. The summed E-state index contributed by atoms with van der Waals surface area (Å²) in [5, 5.41) is 12.4. The Morgan fingerprint density at radius 3 is 1.46 bits per heavy atom. The van der Waals surface area contributed by atoms with Gasteiger partial charge in [0, 0.05) is 39.0 Å². The van der Waals surface area contributed by atoms with Gasteiger partial charge in [-0.2, -0.15) is 0 Å². The second-order valence-corrected chi connectivity index (χ2v) is 17.4. The average Bonchev–Trinajstić information content (AvgIpc) is 3.77. The van der Waals surface area contributed by atoms with Gasteiger partial charge in [0.2, 0.25) is 9.84 Å². The maximum atomic E-state index is 14.0. The van der Waals surface area contributed by atoms with E-state index < -0.39 is 15.7 Å². The highest BCUT2D eigenvalue weighted by Gasteiger charge is 2.26. The second kappa shape index (κ2) is 13.0. The van der Waals surface area contributed by atoms with Crippen LogP contribution >= 0.6 is 0 Å². The van der Waals surface area contributed by atoms with Crippen molar-refractivity contribution in [3.05, 3.63) is 181 Å². The SMILES string of the molecule is O=C(Nc1cccc(S(=O)(=O)c2cccc(NC(=O)c3ccc4nc5c(nc4c3)-c3cccc4cccc-5c34)c2)c1)c1ccc2cc3c(cc2c1)-c1cccc2cccc-3c12. The molecule has 0 unspecified atom stereocenters. The third kappa shape index (κ3) is 5.48. The number of hydrogen-bond donors (Lipinski definition) is 2. The number of anilines is 2. The molecule has 0 fully saturated rings. The summed E-state index contributed by atoms with van der Waals surface area (Å²) in [5.74, 6) is -0.784. The van der Waals surface area contributed by atoms with Crippen molar-refractivity contribution in [1.29, 1.82) is 0 Å². The molecule has 2 aliphatic carbocycles. The monoisotopic (exact) mass is 806 g/mol. The number of carbonyl (C=O) groups is 2. The number of rotatable bonds is 6. The van der Waals surface area contributed by atoms with E-state index in [0.29, 0.717) is 33.5 Å². The molecule has 9 heteroatoms. The van der Waals surface area contributed by atoms with E-state index in [-0.39, 0.29) is 15.7 Å². The molecule has 2 N–H and O–H groups in total. The van der Waals surface area contributed by atoms with E-state index in [9.17, 15) is 18.0 Å². The molecule has 10 aromatic rings. The molecule has 9 aromatic carbocycles. The van der Waals surface area contributed by atoms with Crippen molar-refractivity contribution in [2.24, 2.45) is 0 Å². The number of benzene rings is 9. The molecule has 2 amide bonds. The first-order chi connectivity index (χ1) is 29.8. The molecule has 0 saturated carbocycles. The van der Waals surface area contributed by atoms with Gasteiger partial charge in [-0.3, -0.25) is 9.59 Å².